The fourth-order valence-electron chi connectivity index (χ4n) is 3.79. The average molecular weight is 467 g/mol. The van der Waals surface area contributed by atoms with E-state index >= 15 is 0 Å². The van der Waals surface area contributed by atoms with Crippen LogP contribution in [0, 0.1) is 0 Å². The number of rotatable bonds is 10. The second kappa shape index (κ2) is 11.6. The molecular formula is C25H30N4O5. The van der Waals surface area contributed by atoms with Crippen LogP contribution in [0.1, 0.15) is 16.1 Å². The quantitative estimate of drug-likeness (QED) is 0.470. The molecule has 1 aliphatic heterocycles. The Hall–Kier alpha value is -3.40. The van der Waals surface area contributed by atoms with Gasteiger partial charge in [-0.3, -0.25) is 9.69 Å². The molecule has 1 amide bonds. The predicted octanol–water partition coefficient (Wildman–Crippen LogP) is 2.64. The summed E-state index contributed by atoms with van der Waals surface area (Å²) in [6.45, 7) is 4.47. The predicted molar refractivity (Wildman–Crippen MR) is 128 cm³/mol. The molecule has 1 fully saturated rings. The number of aliphatic hydroxyl groups is 1. The van der Waals surface area contributed by atoms with E-state index < -0.39 is 6.10 Å². The number of nitrogens with zero attached hydrogens (tertiary/aromatic N) is 3. The molecule has 1 aromatic carbocycles. The van der Waals surface area contributed by atoms with E-state index in [0.29, 0.717) is 30.2 Å². The maximum Gasteiger partial charge on any atom is 0.255 e. The number of amides is 1. The monoisotopic (exact) mass is 466 g/mol. The van der Waals surface area contributed by atoms with Crippen LogP contribution in [0.4, 0.5) is 11.5 Å². The minimum atomic E-state index is -0.548. The lowest BCUT2D eigenvalue weighted by atomic mass is 10.2. The number of methoxy groups -OCH3 is 1. The Bertz CT molecular complexity index is 1020. The zero-order valence-corrected chi connectivity index (χ0v) is 19.2. The van der Waals surface area contributed by atoms with E-state index in [0.717, 1.165) is 37.8 Å². The first-order valence-electron chi connectivity index (χ1n) is 11.3. The van der Waals surface area contributed by atoms with E-state index in [2.05, 4.69) is 20.1 Å². The fourth-order valence-corrected chi connectivity index (χ4v) is 3.79. The van der Waals surface area contributed by atoms with E-state index in [-0.39, 0.29) is 12.5 Å². The van der Waals surface area contributed by atoms with Gasteiger partial charge >= 0.3 is 0 Å². The van der Waals surface area contributed by atoms with Crippen LogP contribution in [0.2, 0.25) is 0 Å². The van der Waals surface area contributed by atoms with E-state index in [1.807, 2.05) is 24.3 Å². The van der Waals surface area contributed by atoms with Crippen molar-refractivity contribution in [3.63, 3.8) is 0 Å². The molecule has 9 nitrogen and oxygen atoms in total. The Morgan fingerprint density at radius 2 is 1.94 bits per heavy atom. The summed E-state index contributed by atoms with van der Waals surface area (Å²) >= 11 is 0. The van der Waals surface area contributed by atoms with Crippen LogP contribution in [0.3, 0.4) is 0 Å². The van der Waals surface area contributed by atoms with Gasteiger partial charge in [0.05, 0.1) is 38.0 Å². The topological polar surface area (TPSA) is 100 Å². The average Bonchev–Trinajstić information content (AvgIpc) is 3.39. The highest BCUT2D eigenvalue weighted by Gasteiger charge is 2.20. The van der Waals surface area contributed by atoms with Crippen molar-refractivity contribution < 1.29 is 23.8 Å². The second-order valence-corrected chi connectivity index (χ2v) is 8.12. The van der Waals surface area contributed by atoms with Crippen LogP contribution in [-0.4, -0.2) is 73.4 Å². The van der Waals surface area contributed by atoms with Crippen LogP contribution < -0.4 is 15.0 Å². The summed E-state index contributed by atoms with van der Waals surface area (Å²) in [5, 5.41) is 13.1. The molecule has 180 valence electrons. The van der Waals surface area contributed by atoms with Crippen molar-refractivity contribution in [2.24, 2.45) is 0 Å². The van der Waals surface area contributed by atoms with Crippen molar-refractivity contribution in [3.8, 4) is 5.75 Å². The molecule has 9 heteroatoms. The van der Waals surface area contributed by atoms with Crippen molar-refractivity contribution in [2.45, 2.75) is 12.7 Å². The second-order valence-electron chi connectivity index (χ2n) is 8.12. The van der Waals surface area contributed by atoms with Gasteiger partial charge in [0.2, 0.25) is 0 Å². The molecule has 1 unspecified atom stereocenters. The van der Waals surface area contributed by atoms with Gasteiger partial charge in [-0.25, -0.2) is 4.98 Å². The lowest BCUT2D eigenvalue weighted by Gasteiger charge is -2.36. The number of pyridine rings is 1. The number of hydrogen-bond donors (Lipinski definition) is 2. The maximum atomic E-state index is 12.4. The third-order valence-electron chi connectivity index (χ3n) is 5.66. The zero-order valence-electron chi connectivity index (χ0n) is 19.2. The molecule has 0 radical (unpaired) electrons. The number of piperazine rings is 1. The van der Waals surface area contributed by atoms with Crippen LogP contribution in [0.15, 0.2) is 65.4 Å². The number of anilines is 2. The first-order valence-corrected chi connectivity index (χ1v) is 11.3. The lowest BCUT2D eigenvalue weighted by Crippen LogP contribution is -2.49. The van der Waals surface area contributed by atoms with Gasteiger partial charge in [0, 0.05) is 38.3 Å². The zero-order chi connectivity index (χ0) is 23.8. The Labute approximate surface area is 198 Å². The van der Waals surface area contributed by atoms with Crippen LogP contribution in [0.5, 0.6) is 5.75 Å². The third kappa shape index (κ3) is 6.57. The number of aromatic nitrogens is 1. The molecule has 1 saturated heterocycles. The summed E-state index contributed by atoms with van der Waals surface area (Å²) in [4.78, 5) is 21.4. The minimum absolute atomic E-state index is 0.197. The Balaban J connectivity index is 1.19. The van der Waals surface area contributed by atoms with Crippen molar-refractivity contribution in [1.82, 2.24) is 9.88 Å². The number of ether oxygens (including phenoxy) is 2. The van der Waals surface area contributed by atoms with Gasteiger partial charge < -0.3 is 29.2 Å². The first-order chi connectivity index (χ1) is 16.6. The highest BCUT2D eigenvalue weighted by atomic mass is 16.5. The van der Waals surface area contributed by atoms with Crippen molar-refractivity contribution in [3.05, 3.63) is 72.3 Å². The molecule has 34 heavy (non-hydrogen) atoms. The molecular weight excluding hydrogens is 436 g/mol. The largest absolute Gasteiger partial charge is 0.497 e. The van der Waals surface area contributed by atoms with Crippen molar-refractivity contribution in [2.75, 3.05) is 56.7 Å². The number of furan rings is 1. The van der Waals surface area contributed by atoms with Crippen LogP contribution >= 0.6 is 0 Å². The van der Waals surface area contributed by atoms with Crippen LogP contribution in [-0.2, 0) is 11.3 Å². The first kappa shape index (κ1) is 23.7. The maximum absolute atomic E-state index is 12.4. The van der Waals surface area contributed by atoms with Gasteiger partial charge in [0.15, 0.2) is 0 Å². The lowest BCUT2D eigenvalue weighted by molar-refractivity contribution is 0.00440. The number of carbonyl (C=O) groups excluding carboxylic acids is 1. The molecule has 2 N–H and O–H groups in total. The summed E-state index contributed by atoms with van der Waals surface area (Å²) in [5.74, 6) is 2.12. The summed E-state index contributed by atoms with van der Waals surface area (Å²) < 4.78 is 15.9. The van der Waals surface area contributed by atoms with E-state index in [4.69, 9.17) is 13.9 Å². The Morgan fingerprint density at radius 1 is 1.15 bits per heavy atom. The summed E-state index contributed by atoms with van der Waals surface area (Å²) in [6.07, 6.45) is 2.73. The molecule has 2 aromatic heterocycles. The molecule has 0 bridgehead atoms. The molecule has 1 atom stereocenters. The van der Waals surface area contributed by atoms with E-state index in [9.17, 15) is 9.90 Å². The number of nitrogens with one attached hydrogen (secondary N) is 1. The Morgan fingerprint density at radius 3 is 2.59 bits per heavy atom. The molecule has 0 aliphatic carbocycles. The number of aliphatic hydroxyl groups excluding tert-OH is 1. The van der Waals surface area contributed by atoms with E-state index in [1.165, 1.54) is 0 Å². The molecule has 4 rings (SSSR count). The van der Waals surface area contributed by atoms with Gasteiger partial charge in [-0.1, -0.05) is 0 Å². The van der Waals surface area contributed by atoms with Gasteiger partial charge in [-0.05, 0) is 48.5 Å². The van der Waals surface area contributed by atoms with Crippen molar-refractivity contribution in [1.29, 1.82) is 0 Å². The number of carbonyl (C=O) groups is 1. The van der Waals surface area contributed by atoms with Crippen LogP contribution in [0.25, 0.3) is 0 Å². The molecule has 0 spiro atoms. The Kier molecular flexibility index (Phi) is 8.13. The minimum Gasteiger partial charge on any atom is -0.497 e. The standard InChI is InChI=1S/C25H30N4O5/c1-32-22-7-4-19(5-8-22)25(31)27-20-6-9-24(26-15-20)29-12-10-28(11-13-29)16-21(30)17-33-18-23-3-2-14-34-23/h2-9,14-15,21,30H,10-13,16-18H2,1H3,(H,27,31). The molecule has 0 saturated carbocycles. The van der Waals surface area contributed by atoms with Gasteiger partial charge in [-0.15, -0.1) is 0 Å². The number of hydrogen-bond acceptors (Lipinski definition) is 8. The highest BCUT2D eigenvalue weighted by Crippen LogP contribution is 2.18. The van der Waals surface area contributed by atoms with E-state index in [1.54, 1.807) is 43.8 Å². The third-order valence-corrected chi connectivity index (χ3v) is 5.66. The molecule has 3 heterocycles. The molecule has 1 aliphatic rings. The molecule has 3 aromatic rings. The smallest absolute Gasteiger partial charge is 0.255 e. The number of benzene rings is 1. The summed E-state index contributed by atoms with van der Waals surface area (Å²) in [5.41, 5.74) is 1.19. The van der Waals surface area contributed by atoms with Gasteiger partial charge in [0.25, 0.3) is 5.91 Å². The summed E-state index contributed by atoms with van der Waals surface area (Å²) in [7, 11) is 1.59. The highest BCUT2D eigenvalue weighted by molar-refractivity contribution is 6.04. The van der Waals surface area contributed by atoms with Gasteiger partial charge in [-0.2, -0.15) is 0 Å². The van der Waals surface area contributed by atoms with Gasteiger partial charge in [0.1, 0.15) is 23.9 Å². The summed E-state index contributed by atoms with van der Waals surface area (Å²) in [6, 6.07) is 14.4. The van der Waals surface area contributed by atoms with Crippen molar-refractivity contribution >= 4 is 17.4 Å². The SMILES string of the molecule is COc1ccc(C(=O)Nc2ccc(N3CCN(CC(O)COCc4ccco4)CC3)nc2)cc1. The fraction of sp³-hybridized carbons (Fsp3) is 0.360. The normalized spacial score (nSPS) is 15.2. The number of β-amino-alcohol motifs (C(OH)–C–C–N with tert-alkyl or cyclic N) is 1.